The van der Waals surface area contributed by atoms with E-state index in [-0.39, 0.29) is 18.4 Å². The molecule has 98 valence electrons. The van der Waals surface area contributed by atoms with E-state index in [9.17, 15) is 9.59 Å². The molecule has 1 aromatic heterocycles. The third-order valence-electron chi connectivity index (χ3n) is 3.14. The van der Waals surface area contributed by atoms with Gasteiger partial charge in [0.25, 0.3) is 0 Å². The summed E-state index contributed by atoms with van der Waals surface area (Å²) in [6.07, 6.45) is 4.28. The Morgan fingerprint density at radius 1 is 1.44 bits per heavy atom. The van der Waals surface area contributed by atoms with Gasteiger partial charge in [0.15, 0.2) is 0 Å². The molecule has 0 spiro atoms. The van der Waals surface area contributed by atoms with Gasteiger partial charge in [0.2, 0.25) is 11.8 Å². The Kier molecular flexibility index (Phi) is 3.21. The van der Waals surface area contributed by atoms with Crippen LogP contribution in [0.2, 0.25) is 0 Å². The molecule has 1 N–H and O–H groups in total. The zero-order valence-electron chi connectivity index (χ0n) is 10.9. The number of hydrogen-bond acceptors (Lipinski definition) is 4. The molecule has 1 aliphatic rings. The maximum Gasteiger partial charge on any atom is 0.248 e. The van der Waals surface area contributed by atoms with Crippen LogP contribution in [0.3, 0.4) is 0 Å². The second-order valence-corrected chi connectivity index (χ2v) is 5.10. The van der Waals surface area contributed by atoms with E-state index in [2.05, 4.69) is 10.4 Å². The fraction of sp³-hybridized carbons (Fsp3) is 0.583. The highest BCUT2D eigenvalue weighted by atomic mass is 16.2. The number of aromatic nitrogens is 2. The minimum absolute atomic E-state index is 0.164. The molecule has 0 unspecified atom stereocenters. The first-order valence-electron chi connectivity index (χ1n) is 5.97. The summed E-state index contributed by atoms with van der Waals surface area (Å²) in [5, 5.41) is 7.00. The molecule has 2 rings (SSSR count). The second-order valence-electron chi connectivity index (χ2n) is 5.10. The quantitative estimate of drug-likeness (QED) is 0.748. The molecule has 0 radical (unpaired) electrons. The van der Waals surface area contributed by atoms with E-state index in [1.54, 1.807) is 24.7 Å². The normalized spacial score (nSPS) is 19.4. The molecule has 0 bridgehead atoms. The van der Waals surface area contributed by atoms with Crippen LogP contribution >= 0.6 is 0 Å². The number of carbonyl (C=O) groups is 2. The van der Waals surface area contributed by atoms with Crippen molar-refractivity contribution in [1.29, 1.82) is 0 Å². The first-order chi connectivity index (χ1) is 8.40. The van der Waals surface area contributed by atoms with Crippen LogP contribution in [0.4, 0.5) is 0 Å². The summed E-state index contributed by atoms with van der Waals surface area (Å²) >= 11 is 0. The SMILES string of the molecule is Cn1cc(CCN2C(=O)CNC(C)(C)C2=O)cn1. The third-order valence-corrected chi connectivity index (χ3v) is 3.14. The van der Waals surface area contributed by atoms with E-state index in [1.807, 2.05) is 13.2 Å². The summed E-state index contributed by atoms with van der Waals surface area (Å²) in [5.74, 6) is -0.328. The van der Waals surface area contributed by atoms with Gasteiger partial charge in [0, 0.05) is 19.8 Å². The molecule has 18 heavy (non-hydrogen) atoms. The highest BCUT2D eigenvalue weighted by Crippen LogP contribution is 2.14. The van der Waals surface area contributed by atoms with E-state index in [0.717, 1.165) is 5.56 Å². The van der Waals surface area contributed by atoms with E-state index >= 15 is 0 Å². The standard InChI is InChI=1S/C12H18N4O2/c1-12(2)11(18)16(10(17)7-13-12)5-4-9-6-14-15(3)8-9/h6,8,13H,4-5,7H2,1-3H3. The number of imide groups is 1. The number of nitrogens with zero attached hydrogens (tertiary/aromatic N) is 3. The minimum atomic E-state index is -0.664. The summed E-state index contributed by atoms with van der Waals surface area (Å²) in [5.41, 5.74) is 0.359. The van der Waals surface area contributed by atoms with E-state index in [1.165, 1.54) is 4.90 Å². The van der Waals surface area contributed by atoms with Crippen molar-refractivity contribution in [1.82, 2.24) is 20.0 Å². The number of nitrogens with one attached hydrogen (secondary N) is 1. The summed E-state index contributed by atoms with van der Waals surface area (Å²) in [7, 11) is 1.84. The summed E-state index contributed by atoms with van der Waals surface area (Å²) in [6.45, 7) is 4.21. The third kappa shape index (κ3) is 2.43. The molecule has 2 amide bonds. The van der Waals surface area contributed by atoms with Crippen LogP contribution in [0.15, 0.2) is 12.4 Å². The van der Waals surface area contributed by atoms with Crippen molar-refractivity contribution in [2.24, 2.45) is 7.05 Å². The van der Waals surface area contributed by atoms with Gasteiger partial charge in [-0.15, -0.1) is 0 Å². The van der Waals surface area contributed by atoms with Crippen LogP contribution in [0.5, 0.6) is 0 Å². The Morgan fingerprint density at radius 2 is 2.17 bits per heavy atom. The van der Waals surface area contributed by atoms with Gasteiger partial charge < -0.3 is 0 Å². The predicted octanol–water partition coefficient (Wildman–Crippen LogP) is -0.300. The fourth-order valence-corrected chi connectivity index (χ4v) is 1.99. The first-order valence-corrected chi connectivity index (χ1v) is 5.97. The smallest absolute Gasteiger partial charge is 0.248 e. The van der Waals surface area contributed by atoms with Crippen LogP contribution in [0, 0.1) is 0 Å². The maximum atomic E-state index is 12.1. The maximum absolute atomic E-state index is 12.1. The lowest BCUT2D eigenvalue weighted by Gasteiger charge is -2.36. The Labute approximate surface area is 106 Å². The van der Waals surface area contributed by atoms with Gasteiger partial charge in [-0.3, -0.25) is 24.5 Å². The topological polar surface area (TPSA) is 67.2 Å². The second kappa shape index (κ2) is 4.53. The predicted molar refractivity (Wildman–Crippen MR) is 65.7 cm³/mol. The first kappa shape index (κ1) is 12.8. The van der Waals surface area contributed by atoms with Gasteiger partial charge in [-0.05, 0) is 25.8 Å². The van der Waals surface area contributed by atoms with Crippen LogP contribution in [-0.2, 0) is 23.1 Å². The minimum Gasteiger partial charge on any atom is -0.295 e. The molecule has 0 aromatic carbocycles. The van der Waals surface area contributed by atoms with Crippen molar-refractivity contribution in [2.75, 3.05) is 13.1 Å². The van der Waals surface area contributed by atoms with Crippen molar-refractivity contribution in [2.45, 2.75) is 25.8 Å². The van der Waals surface area contributed by atoms with Crippen molar-refractivity contribution < 1.29 is 9.59 Å². The zero-order chi connectivity index (χ0) is 13.3. The number of carbonyl (C=O) groups excluding carboxylic acids is 2. The van der Waals surface area contributed by atoms with Crippen molar-refractivity contribution in [3.63, 3.8) is 0 Å². The lowest BCUT2D eigenvalue weighted by Crippen LogP contribution is -2.63. The van der Waals surface area contributed by atoms with Crippen LogP contribution < -0.4 is 5.32 Å². The molecule has 0 atom stereocenters. The lowest BCUT2D eigenvalue weighted by molar-refractivity contribution is -0.152. The highest BCUT2D eigenvalue weighted by Gasteiger charge is 2.39. The average Bonchev–Trinajstić information content (AvgIpc) is 2.71. The van der Waals surface area contributed by atoms with Gasteiger partial charge in [-0.1, -0.05) is 0 Å². The van der Waals surface area contributed by atoms with Gasteiger partial charge >= 0.3 is 0 Å². The molecule has 6 nitrogen and oxygen atoms in total. The largest absolute Gasteiger partial charge is 0.295 e. The molecule has 1 aromatic rings. The average molecular weight is 250 g/mol. The Balaban J connectivity index is 2.03. The Bertz CT molecular complexity index is 478. The van der Waals surface area contributed by atoms with E-state index in [0.29, 0.717) is 13.0 Å². The number of rotatable bonds is 3. The van der Waals surface area contributed by atoms with Gasteiger partial charge in [0.1, 0.15) is 0 Å². The zero-order valence-corrected chi connectivity index (χ0v) is 10.9. The van der Waals surface area contributed by atoms with Crippen molar-refractivity contribution in [3.8, 4) is 0 Å². The molecule has 0 saturated carbocycles. The summed E-state index contributed by atoms with van der Waals surface area (Å²) in [6, 6.07) is 0. The summed E-state index contributed by atoms with van der Waals surface area (Å²) < 4.78 is 1.71. The number of aryl methyl sites for hydroxylation is 1. The Morgan fingerprint density at radius 3 is 2.78 bits per heavy atom. The molecule has 1 aliphatic heterocycles. The van der Waals surface area contributed by atoms with Gasteiger partial charge in [-0.25, -0.2) is 0 Å². The van der Waals surface area contributed by atoms with Crippen LogP contribution in [-0.4, -0.2) is 45.1 Å². The molecular formula is C12H18N4O2. The fourth-order valence-electron chi connectivity index (χ4n) is 1.99. The van der Waals surface area contributed by atoms with Crippen LogP contribution in [0.1, 0.15) is 19.4 Å². The molecule has 2 heterocycles. The lowest BCUT2D eigenvalue weighted by atomic mass is 10.00. The molecule has 6 heteroatoms. The molecule has 0 aliphatic carbocycles. The summed E-state index contributed by atoms with van der Waals surface area (Å²) in [4.78, 5) is 25.2. The number of piperazine rings is 1. The Hall–Kier alpha value is -1.69. The van der Waals surface area contributed by atoms with E-state index < -0.39 is 5.54 Å². The monoisotopic (exact) mass is 250 g/mol. The molecule has 1 saturated heterocycles. The number of hydrogen-bond donors (Lipinski definition) is 1. The van der Waals surface area contributed by atoms with Gasteiger partial charge in [0.05, 0.1) is 18.3 Å². The van der Waals surface area contributed by atoms with Crippen LogP contribution in [0.25, 0.3) is 0 Å². The molecular weight excluding hydrogens is 232 g/mol. The molecule has 1 fully saturated rings. The highest BCUT2D eigenvalue weighted by molar-refractivity contribution is 6.03. The van der Waals surface area contributed by atoms with Crippen molar-refractivity contribution >= 4 is 11.8 Å². The van der Waals surface area contributed by atoms with E-state index in [4.69, 9.17) is 0 Å². The van der Waals surface area contributed by atoms with Gasteiger partial charge in [-0.2, -0.15) is 5.10 Å². The number of amides is 2. The van der Waals surface area contributed by atoms with Crippen molar-refractivity contribution in [3.05, 3.63) is 18.0 Å².